The fourth-order valence-corrected chi connectivity index (χ4v) is 4.34. The summed E-state index contributed by atoms with van der Waals surface area (Å²) in [5.41, 5.74) is 5.12. The van der Waals surface area contributed by atoms with Crippen molar-refractivity contribution >= 4 is 23.4 Å². The van der Waals surface area contributed by atoms with Gasteiger partial charge in [-0.1, -0.05) is 35.9 Å². The number of carbonyl (C=O) groups is 1. The monoisotopic (exact) mass is 395 g/mol. The number of para-hydroxylation sites is 1. The molecule has 0 bridgehead atoms. The van der Waals surface area contributed by atoms with Gasteiger partial charge in [-0.3, -0.25) is 14.3 Å². The second-order valence-electron chi connectivity index (χ2n) is 7.00. The van der Waals surface area contributed by atoms with Gasteiger partial charge in [-0.15, -0.1) is 11.8 Å². The zero-order chi connectivity index (χ0) is 20.4. The van der Waals surface area contributed by atoms with Gasteiger partial charge in [-0.05, 0) is 51.0 Å². The van der Waals surface area contributed by atoms with Crippen LogP contribution in [-0.4, -0.2) is 21.0 Å². The maximum absolute atomic E-state index is 12.9. The molecule has 1 N–H and O–H groups in total. The normalized spacial score (nSPS) is 10.9. The molecule has 0 aliphatic heterocycles. The second kappa shape index (κ2) is 8.10. The molecule has 1 heterocycles. The first-order chi connectivity index (χ1) is 13.3. The summed E-state index contributed by atoms with van der Waals surface area (Å²) in [5.74, 6) is 0.0690. The summed E-state index contributed by atoms with van der Waals surface area (Å²) in [6, 6.07) is 13.6. The fraction of sp³-hybridized carbons (Fsp3) is 0.273. The van der Waals surface area contributed by atoms with Crippen molar-refractivity contribution in [2.45, 2.75) is 32.6 Å². The number of hydrogen-bond donors (Lipinski definition) is 1. The molecular weight excluding hydrogens is 370 g/mol. The smallest absolute Gasteiger partial charge is 0.295 e. The van der Waals surface area contributed by atoms with Crippen molar-refractivity contribution in [3.05, 3.63) is 75.2 Å². The van der Waals surface area contributed by atoms with E-state index in [-0.39, 0.29) is 17.2 Å². The van der Waals surface area contributed by atoms with E-state index in [1.807, 2.05) is 44.3 Å². The molecule has 0 aliphatic rings. The Hall–Kier alpha value is -2.73. The summed E-state index contributed by atoms with van der Waals surface area (Å²) >= 11 is 1.50. The Balaban J connectivity index is 1.79. The second-order valence-corrected chi connectivity index (χ2v) is 7.99. The van der Waals surface area contributed by atoms with Crippen LogP contribution in [0.2, 0.25) is 0 Å². The summed E-state index contributed by atoms with van der Waals surface area (Å²) in [4.78, 5) is 26.6. The zero-order valence-corrected chi connectivity index (χ0v) is 17.7. The molecular formula is C22H25N3O2S. The molecule has 0 saturated heterocycles. The highest BCUT2D eigenvalue weighted by atomic mass is 32.2. The van der Waals surface area contributed by atoms with E-state index in [0.29, 0.717) is 5.69 Å². The summed E-state index contributed by atoms with van der Waals surface area (Å²) in [6.45, 7) is 8.01. The minimum absolute atomic E-state index is 0.185. The number of hydrogen-bond acceptors (Lipinski definition) is 3. The predicted octanol–water partition coefficient (Wildman–Crippen LogP) is 4.14. The molecule has 1 amide bonds. The largest absolute Gasteiger partial charge is 0.319 e. The first-order valence-electron chi connectivity index (χ1n) is 9.14. The molecule has 0 aliphatic carbocycles. The Morgan fingerprint density at radius 3 is 2.25 bits per heavy atom. The first-order valence-corrected chi connectivity index (χ1v) is 10.1. The molecule has 0 saturated carbocycles. The molecule has 2 aromatic carbocycles. The Kier molecular flexibility index (Phi) is 5.79. The van der Waals surface area contributed by atoms with Gasteiger partial charge in [0.05, 0.1) is 17.1 Å². The third-order valence-corrected chi connectivity index (χ3v) is 6.11. The number of amides is 1. The molecule has 0 radical (unpaired) electrons. The van der Waals surface area contributed by atoms with Crippen molar-refractivity contribution in [2.75, 3.05) is 11.1 Å². The Bertz CT molecular complexity index is 1060. The molecule has 0 unspecified atom stereocenters. The van der Waals surface area contributed by atoms with Gasteiger partial charge in [0.1, 0.15) is 5.69 Å². The van der Waals surface area contributed by atoms with Crippen LogP contribution < -0.4 is 10.9 Å². The molecule has 5 nitrogen and oxygen atoms in total. The number of thioether (sulfide) groups is 1. The van der Waals surface area contributed by atoms with Crippen LogP contribution in [0.4, 0.5) is 5.69 Å². The van der Waals surface area contributed by atoms with E-state index in [2.05, 4.69) is 38.2 Å². The first kappa shape index (κ1) is 20.0. The number of aromatic nitrogens is 2. The predicted molar refractivity (Wildman–Crippen MR) is 116 cm³/mol. The highest BCUT2D eigenvalue weighted by Gasteiger charge is 2.18. The van der Waals surface area contributed by atoms with Gasteiger partial charge in [0.15, 0.2) is 0 Å². The molecule has 1 aromatic heterocycles. The van der Waals surface area contributed by atoms with Crippen LogP contribution in [0.5, 0.6) is 0 Å². The van der Waals surface area contributed by atoms with Gasteiger partial charge in [-0.25, -0.2) is 4.68 Å². The van der Waals surface area contributed by atoms with E-state index in [1.165, 1.54) is 17.3 Å². The third kappa shape index (κ3) is 3.92. The van der Waals surface area contributed by atoms with E-state index in [0.717, 1.165) is 27.4 Å². The third-order valence-electron chi connectivity index (χ3n) is 4.77. The number of rotatable bonds is 5. The summed E-state index contributed by atoms with van der Waals surface area (Å²) in [5, 5.41) is 2.82. The number of nitrogens with one attached hydrogen (secondary N) is 1. The average molecular weight is 396 g/mol. The van der Waals surface area contributed by atoms with Crippen LogP contribution >= 0.6 is 11.8 Å². The standard InChI is InChI=1S/C22H25N3O2S/c1-14-11-15(2)21(16(3)12-14)28-13-19(26)23-20-17(4)24(5)25(22(20)27)18-9-7-6-8-10-18/h6-12H,13H2,1-5H3,(H,23,26). The fourth-order valence-electron chi connectivity index (χ4n) is 3.42. The maximum Gasteiger partial charge on any atom is 0.295 e. The molecule has 146 valence electrons. The van der Waals surface area contributed by atoms with Gasteiger partial charge in [0, 0.05) is 11.9 Å². The molecule has 3 rings (SSSR count). The molecule has 6 heteroatoms. The number of benzene rings is 2. The Morgan fingerprint density at radius 1 is 1.04 bits per heavy atom. The van der Waals surface area contributed by atoms with E-state index in [1.54, 1.807) is 9.36 Å². The minimum Gasteiger partial charge on any atom is -0.319 e. The lowest BCUT2D eigenvalue weighted by molar-refractivity contribution is -0.113. The van der Waals surface area contributed by atoms with Crippen LogP contribution in [0.15, 0.2) is 52.2 Å². The van der Waals surface area contributed by atoms with Gasteiger partial charge in [0.25, 0.3) is 5.56 Å². The van der Waals surface area contributed by atoms with Crippen LogP contribution in [0.1, 0.15) is 22.4 Å². The summed E-state index contributed by atoms with van der Waals surface area (Å²) in [7, 11) is 1.81. The van der Waals surface area contributed by atoms with Crippen LogP contribution in [0.25, 0.3) is 5.69 Å². The van der Waals surface area contributed by atoms with Crippen molar-refractivity contribution in [1.82, 2.24) is 9.36 Å². The van der Waals surface area contributed by atoms with Crippen molar-refractivity contribution in [2.24, 2.45) is 7.05 Å². The molecule has 0 spiro atoms. The average Bonchev–Trinajstić information content (AvgIpc) is 2.85. The molecule has 28 heavy (non-hydrogen) atoms. The van der Waals surface area contributed by atoms with Crippen molar-refractivity contribution < 1.29 is 4.79 Å². The van der Waals surface area contributed by atoms with Crippen LogP contribution in [0.3, 0.4) is 0 Å². The van der Waals surface area contributed by atoms with Gasteiger partial charge >= 0.3 is 0 Å². The molecule has 0 atom stereocenters. The lowest BCUT2D eigenvalue weighted by Crippen LogP contribution is -2.23. The Labute approximate surface area is 169 Å². The van der Waals surface area contributed by atoms with Crippen LogP contribution in [-0.2, 0) is 11.8 Å². The Morgan fingerprint density at radius 2 is 1.64 bits per heavy atom. The van der Waals surface area contributed by atoms with Gasteiger partial charge in [0.2, 0.25) is 5.91 Å². The molecule has 3 aromatic rings. The lowest BCUT2D eigenvalue weighted by atomic mass is 10.1. The van der Waals surface area contributed by atoms with E-state index in [9.17, 15) is 9.59 Å². The molecule has 0 fully saturated rings. The number of nitrogens with zero attached hydrogens (tertiary/aromatic N) is 2. The lowest BCUT2D eigenvalue weighted by Gasteiger charge is -2.10. The van der Waals surface area contributed by atoms with Crippen molar-refractivity contribution in [3.8, 4) is 5.69 Å². The van der Waals surface area contributed by atoms with Gasteiger partial charge < -0.3 is 5.32 Å². The van der Waals surface area contributed by atoms with Crippen LogP contribution in [0, 0.1) is 27.7 Å². The minimum atomic E-state index is -0.229. The highest BCUT2D eigenvalue weighted by molar-refractivity contribution is 8.00. The van der Waals surface area contributed by atoms with E-state index in [4.69, 9.17) is 0 Å². The number of anilines is 1. The van der Waals surface area contributed by atoms with Crippen molar-refractivity contribution in [3.63, 3.8) is 0 Å². The number of carbonyl (C=O) groups excluding carboxylic acids is 1. The number of aryl methyl sites for hydroxylation is 3. The highest BCUT2D eigenvalue weighted by Crippen LogP contribution is 2.27. The van der Waals surface area contributed by atoms with Gasteiger partial charge in [-0.2, -0.15) is 0 Å². The van der Waals surface area contributed by atoms with E-state index >= 15 is 0 Å². The van der Waals surface area contributed by atoms with Crippen molar-refractivity contribution in [1.29, 1.82) is 0 Å². The van der Waals surface area contributed by atoms with E-state index < -0.39 is 0 Å². The maximum atomic E-state index is 12.9. The quantitative estimate of drug-likeness (QED) is 0.661. The zero-order valence-electron chi connectivity index (χ0n) is 16.9. The summed E-state index contributed by atoms with van der Waals surface area (Å²) < 4.78 is 3.32. The summed E-state index contributed by atoms with van der Waals surface area (Å²) in [6.07, 6.45) is 0. The SMILES string of the molecule is Cc1cc(C)c(SCC(=O)Nc2c(C)n(C)n(-c3ccccc3)c2=O)c(C)c1. The topological polar surface area (TPSA) is 56.0 Å².